The Kier molecular flexibility index (Phi) is 1.78. The zero-order valence-corrected chi connectivity index (χ0v) is 8.53. The van der Waals surface area contributed by atoms with Gasteiger partial charge in [0, 0.05) is 18.1 Å². The summed E-state index contributed by atoms with van der Waals surface area (Å²) in [6, 6.07) is 8.71. The van der Waals surface area contributed by atoms with Crippen LogP contribution in [-0.2, 0) is 19.4 Å². The van der Waals surface area contributed by atoms with Crippen LogP contribution in [0.3, 0.4) is 0 Å². The van der Waals surface area contributed by atoms with Gasteiger partial charge in [0.25, 0.3) is 0 Å². The van der Waals surface area contributed by atoms with E-state index in [1.165, 1.54) is 22.9 Å². The van der Waals surface area contributed by atoms with Crippen LogP contribution in [0.2, 0.25) is 0 Å². The third kappa shape index (κ3) is 1.24. The Morgan fingerprint density at radius 3 is 3.20 bits per heavy atom. The summed E-state index contributed by atoms with van der Waals surface area (Å²) in [4.78, 5) is 0. The molecule has 0 saturated heterocycles. The Bertz CT molecular complexity index is 558. The van der Waals surface area contributed by atoms with Gasteiger partial charge in [-0.2, -0.15) is 5.26 Å². The molecule has 0 spiro atoms. The van der Waals surface area contributed by atoms with Gasteiger partial charge in [-0.25, -0.2) is 0 Å². The van der Waals surface area contributed by atoms with Crippen LogP contribution >= 0.6 is 0 Å². The molecule has 1 aliphatic rings. The molecule has 0 aliphatic carbocycles. The van der Waals surface area contributed by atoms with Gasteiger partial charge in [-0.15, -0.1) is 0 Å². The van der Waals surface area contributed by atoms with Crippen LogP contribution in [-0.4, -0.2) is 4.57 Å². The summed E-state index contributed by atoms with van der Waals surface area (Å²) in [5.74, 6) is 0. The zero-order chi connectivity index (χ0) is 10.3. The molecular weight excluding hydrogens is 184 g/mol. The Morgan fingerprint density at radius 2 is 2.33 bits per heavy atom. The van der Waals surface area contributed by atoms with Gasteiger partial charge in [-0.05, 0) is 36.1 Å². The van der Waals surface area contributed by atoms with Gasteiger partial charge in [0.15, 0.2) is 0 Å². The summed E-state index contributed by atoms with van der Waals surface area (Å²) in [5.41, 5.74) is 3.94. The lowest BCUT2D eigenvalue weighted by Crippen LogP contribution is -2.06. The van der Waals surface area contributed by atoms with Gasteiger partial charge in [0.2, 0.25) is 0 Å². The second-order valence-corrected chi connectivity index (χ2v) is 4.14. The molecule has 1 aromatic heterocycles. The minimum Gasteiger partial charge on any atom is -0.347 e. The van der Waals surface area contributed by atoms with E-state index in [9.17, 15) is 0 Å². The maximum atomic E-state index is 8.72. The molecule has 0 N–H and O–H groups in total. The van der Waals surface area contributed by atoms with Crippen molar-refractivity contribution in [3.05, 3.63) is 35.5 Å². The van der Waals surface area contributed by atoms with Gasteiger partial charge >= 0.3 is 0 Å². The van der Waals surface area contributed by atoms with Crippen LogP contribution < -0.4 is 0 Å². The molecule has 74 valence electrons. The van der Waals surface area contributed by atoms with E-state index < -0.39 is 0 Å². The van der Waals surface area contributed by atoms with Crippen molar-refractivity contribution < 1.29 is 0 Å². The molecule has 2 heterocycles. The molecule has 1 aliphatic heterocycles. The summed E-state index contributed by atoms with van der Waals surface area (Å²) in [7, 11) is 0. The average Bonchev–Trinajstić information content (AvgIpc) is 2.64. The molecule has 0 unspecified atom stereocenters. The van der Waals surface area contributed by atoms with E-state index in [1.807, 2.05) is 0 Å². The second-order valence-electron chi connectivity index (χ2n) is 4.14. The highest BCUT2D eigenvalue weighted by molar-refractivity contribution is 5.84. The van der Waals surface area contributed by atoms with Crippen LogP contribution in [0.1, 0.15) is 17.5 Å². The fourth-order valence-corrected chi connectivity index (χ4v) is 2.52. The van der Waals surface area contributed by atoms with Crippen LogP contribution in [0.4, 0.5) is 0 Å². The van der Waals surface area contributed by atoms with Crippen molar-refractivity contribution in [2.24, 2.45) is 0 Å². The molecule has 15 heavy (non-hydrogen) atoms. The fourth-order valence-electron chi connectivity index (χ4n) is 2.52. The molecule has 0 bridgehead atoms. The van der Waals surface area contributed by atoms with Crippen LogP contribution in [0, 0.1) is 11.3 Å². The zero-order valence-electron chi connectivity index (χ0n) is 8.53. The molecule has 2 heteroatoms. The highest BCUT2D eigenvalue weighted by Gasteiger charge is 2.12. The number of aryl methyl sites for hydroxylation is 2. The van der Waals surface area contributed by atoms with Crippen molar-refractivity contribution in [1.29, 1.82) is 5.26 Å². The molecule has 2 aromatic rings. The van der Waals surface area contributed by atoms with E-state index in [1.54, 1.807) is 0 Å². The fraction of sp³-hybridized carbons (Fsp3) is 0.308. The van der Waals surface area contributed by atoms with Crippen LogP contribution in [0.15, 0.2) is 24.4 Å². The monoisotopic (exact) mass is 196 g/mol. The van der Waals surface area contributed by atoms with E-state index in [4.69, 9.17) is 5.26 Å². The Labute approximate surface area is 88.7 Å². The summed E-state index contributed by atoms with van der Waals surface area (Å²) in [6.45, 7) is 1.13. The molecule has 0 fully saturated rings. The molecule has 0 saturated carbocycles. The molecule has 0 atom stereocenters. The Balaban J connectivity index is 2.28. The van der Waals surface area contributed by atoms with Gasteiger partial charge < -0.3 is 4.57 Å². The molecular formula is C13H12N2. The van der Waals surface area contributed by atoms with E-state index >= 15 is 0 Å². The average molecular weight is 196 g/mol. The Hall–Kier alpha value is -1.75. The first-order chi connectivity index (χ1) is 7.38. The number of nitriles is 1. The van der Waals surface area contributed by atoms with Crippen LogP contribution in [0.25, 0.3) is 10.9 Å². The van der Waals surface area contributed by atoms with E-state index in [2.05, 4.69) is 35.0 Å². The van der Waals surface area contributed by atoms with Crippen molar-refractivity contribution in [2.75, 3.05) is 0 Å². The number of hydrogen-bond donors (Lipinski definition) is 0. The SMILES string of the molecule is N#CCc1cc2c3c(ccn3CCC2)c1. The number of rotatable bonds is 1. The Morgan fingerprint density at radius 1 is 1.40 bits per heavy atom. The lowest BCUT2D eigenvalue weighted by atomic mass is 9.99. The smallest absolute Gasteiger partial charge is 0.0669 e. The van der Waals surface area contributed by atoms with Crippen molar-refractivity contribution in [1.82, 2.24) is 4.57 Å². The highest BCUT2D eigenvalue weighted by atomic mass is 15.0. The van der Waals surface area contributed by atoms with Crippen molar-refractivity contribution in [3.8, 4) is 6.07 Å². The van der Waals surface area contributed by atoms with Gasteiger partial charge in [0.05, 0.1) is 18.0 Å². The lowest BCUT2D eigenvalue weighted by molar-refractivity contribution is 0.635. The van der Waals surface area contributed by atoms with Gasteiger partial charge in [0.1, 0.15) is 0 Å². The molecule has 3 rings (SSSR count). The van der Waals surface area contributed by atoms with E-state index in [-0.39, 0.29) is 0 Å². The summed E-state index contributed by atoms with van der Waals surface area (Å²) < 4.78 is 2.32. The lowest BCUT2D eigenvalue weighted by Gasteiger charge is -2.16. The predicted octanol–water partition coefficient (Wildman–Crippen LogP) is 2.65. The van der Waals surface area contributed by atoms with Crippen LogP contribution in [0.5, 0.6) is 0 Å². The number of hydrogen-bond acceptors (Lipinski definition) is 1. The minimum absolute atomic E-state index is 0.522. The third-order valence-corrected chi connectivity index (χ3v) is 3.13. The predicted molar refractivity (Wildman–Crippen MR) is 59.6 cm³/mol. The van der Waals surface area contributed by atoms with E-state index in [0.717, 1.165) is 18.5 Å². The topological polar surface area (TPSA) is 28.7 Å². The summed E-state index contributed by atoms with van der Waals surface area (Å²) >= 11 is 0. The van der Waals surface area contributed by atoms with Crippen molar-refractivity contribution in [2.45, 2.75) is 25.8 Å². The molecule has 0 amide bonds. The van der Waals surface area contributed by atoms with Gasteiger partial charge in [-0.1, -0.05) is 6.07 Å². The molecule has 0 radical (unpaired) electrons. The van der Waals surface area contributed by atoms with Crippen molar-refractivity contribution >= 4 is 10.9 Å². The second kappa shape index (κ2) is 3.13. The first-order valence-electron chi connectivity index (χ1n) is 5.36. The highest BCUT2D eigenvalue weighted by Crippen LogP contribution is 2.27. The number of nitrogens with zero attached hydrogens (tertiary/aromatic N) is 2. The first-order valence-corrected chi connectivity index (χ1v) is 5.36. The summed E-state index contributed by atoms with van der Waals surface area (Å²) in [6.07, 6.45) is 5.05. The number of aromatic nitrogens is 1. The normalized spacial score (nSPS) is 14.1. The largest absolute Gasteiger partial charge is 0.347 e. The quantitative estimate of drug-likeness (QED) is 0.689. The summed E-state index contributed by atoms with van der Waals surface area (Å²) in [5, 5.41) is 10.0. The maximum Gasteiger partial charge on any atom is 0.0669 e. The standard InChI is InChI=1S/C13H12N2/c14-5-3-10-8-11-2-1-6-15-7-4-12(9-10)13(11)15/h4,7-9H,1-3,6H2. The van der Waals surface area contributed by atoms with Crippen molar-refractivity contribution in [3.63, 3.8) is 0 Å². The molecule has 2 nitrogen and oxygen atoms in total. The minimum atomic E-state index is 0.522. The number of benzene rings is 1. The third-order valence-electron chi connectivity index (χ3n) is 3.13. The van der Waals surface area contributed by atoms with Gasteiger partial charge in [-0.3, -0.25) is 0 Å². The van der Waals surface area contributed by atoms with E-state index in [0.29, 0.717) is 6.42 Å². The first kappa shape index (κ1) is 8.55. The maximum absolute atomic E-state index is 8.72. The molecule has 1 aromatic carbocycles.